The van der Waals surface area contributed by atoms with Crippen molar-refractivity contribution < 1.29 is 9.44 Å². The van der Waals surface area contributed by atoms with Crippen molar-refractivity contribution in [1.82, 2.24) is 4.90 Å². The summed E-state index contributed by atoms with van der Waals surface area (Å²) < 4.78 is 0.0772. The second kappa shape index (κ2) is 4.19. The van der Waals surface area contributed by atoms with Gasteiger partial charge >= 0.3 is 0 Å². The first-order chi connectivity index (χ1) is 9.19. The molecule has 4 fully saturated rings. The SMILES string of the molecule is O=C1CCC[C@@H]2[C@H]3CCC[N@@+]4([O-])CCC[C@@H](CN12)[C@H]34. The summed E-state index contributed by atoms with van der Waals surface area (Å²) >= 11 is 0. The van der Waals surface area contributed by atoms with Crippen LogP contribution in [0.2, 0.25) is 0 Å². The summed E-state index contributed by atoms with van der Waals surface area (Å²) in [5, 5.41) is 13.1. The number of quaternary nitrogens is 1. The Hall–Kier alpha value is -0.610. The van der Waals surface area contributed by atoms with E-state index < -0.39 is 0 Å². The molecule has 0 unspecified atom stereocenters. The number of carbonyl (C=O) groups is 1. The molecule has 0 aromatic rings. The molecule has 4 saturated heterocycles. The number of piperidine rings is 4. The molecule has 5 atom stereocenters. The van der Waals surface area contributed by atoms with Gasteiger partial charge < -0.3 is 14.8 Å². The lowest BCUT2D eigenvalue weighted by Gasteiger charge is -2.64. The fraction of sp³-hybridized carbons (Fsp3) is 0.933. The van der Waals surface area contributed by atoms with Gasteiger partial charge in [-0.1, -0.05) is 0 Å². The summed E-state index contributed by atoms with van der Waals surface area (Å²) in [5.74, 6) is 1.33. The molecule has 4 heterocycles. The van der Waals surface area contributed by atoms with Crippen molar-refractivity contribution in [3.63, 3.8) is 0 Å². The molecule has 0 aliphatic carbocycles. The predicted octanol–water partition coefficient (Wildman–Crippen LogP) is 1.88. The fourth-order valence-corrected chi connectivity index (χ4v) is 5.55. The third kappa shape index (κ3) is 1.69. The number of fused-ring (bicyclic) bond motifs is 2. The van der Waals surface area contributed by atoms with E-state index in [4.69, 9.17) is 0 Å². The summed E-state index contributed by atoms with van der Waals surface area (Å²) in [6, 6.07) is 0.710. The first-order valence-corrected chi connectivity index (χ1v) is 8.06. The monoisotopic (exact) mass is 264 g/mol. The van der Waals surface area contributed by atoms with E-state index in [-0.39, 0.29) is 4.65 Å². The van der Waals surface area contributed by atoms with Gasteiger partial charge in [0.05, 0.1) is 19.1 Å². The van der Waals surface area contributed by atoms with Crippen LogP contribution in [0.15, 0.2) is 0 Å². The highest BCUT2D eigenvalue weighted by Gasteiger charge is 2.55. The Morgan fingerprint density at radius 2 is 1.89 bits per heavy atom. The zero-order chi connectivity index (χ0) is 13.0. The molecule has 4 rings (SSSR count). The molecule has 0 bridgehead atoms. The van der Waals surface area contributed by atoms with Gasteiger partial charge in [-0.2, -0.15) is 0 Å². The molecule has 4 aliphatic heterocycles. The maximum Gasteiger partial charge on any atom is 0.222 e. The quantitative estimate of drug-likeness (QED) is 0.495. The normalized spacial score (nSPS) is 49.5. The number of rotatable bonds is 0. The number of amides is 1. The Morgan fingerprint density at radius 1 is 1.11 bits per heavy atom. The van der Waals surface area contributed by atoms with E-state index in [0.717, 1.165) is 51.7 Å². The second-order valence-electron chi connectivity index (χ2n) is 7.10. The third-order valence-corrected chi connectivity index (χ3v) is 6.19. The van der Waals surface area contributed by atoms with E-state index in [2.05, 4.69) is 4.90 Å². The zero-order valence-corrected chi connectivity index (χ0v) is 11.6. The molecule has 0 radical (unpaired) electrons. The van der Waals surface area contributed by atoms with E-state index >= 15 is 0 Å². The highest BCUT2D eigenvalue weighted by Crippen LogP contribution is 2.47. The van der Waals surface area contributed by atoms with Gasteiger partial charge in [0.2, 0.25) is 5.91 Å². The largest absolute Gasteiger partial charge is 0.633 e. The molecule has 0 aromatic heterocycles. The van der Waals surface area contributed by atoms with Crippen molar-refractivity contribution in [3.8, 4) is 0 Å². The van der Waals surface area contributed by atoms with E-state index in [9.17, 15) is 10.0 Å². The second-order valence-corrected chi connectivity index (χ2v) is 7.10. The first kappa shape index (κ1) is 12.2. The maximum atomic E-state index is 13.1. The minimum Gasteiger partial charge on any atom is -0.633 e. The Labute approximate surface area is 114 Å². The van der Waals surface area contributed by atoms with Gasteiger partial charge in [0.15, 0.2) is 0 Å². The van der Waals surface area contributed by atoms with E-state index in [0.29, 0.717) is 29.8 Å². The fourth-order valence-electron chi connectivity index (χ4n) is 5.55. The lowest BCUT2D eigenvalue weighted by atomic mass is 9.67. The Kier molecular flexibility index (Phi) is 2.68. The number of carbonyl (C=O) groups excluding carboxylic acids is 1. The molecule has 19 heavy (non-hydrogen) atoms. The number of hydroxylamine groups is 3. The van der Waals surface area contributed by atoms with Crippen LogP contribution in [0.4, 0.5) is 0 Å². The van der Waals surface area contributed by atoms with Crippen LogP contribution >= 0.6 is 0 Å². The number of hydrogen-bond donors (Lipinski definition) is 0. The molecule has 4 heteroatoms. The Balaban J connectivity index is 1.69. The van der Waals surface area contributed by atoms with Crippen LogP contribution in [-0.2, 0) is 4.79 Å². The summed E-state index contributed by atoms with van der Waals surface area (Å²) in [5.41, 5.74) is 0. The van der Waals surface area contributed by atoms with Gasteiger partial charge in [0.25, 0.3) is 0 Å². The minimum absolute atomic E-state index is 0.0772. The van der Waals surface area contributed by atoms with Crippen LogP contribution in [-0.4, -0.2) is 47.2 Å². The van der Waals surface area contributed by atoms with Gasteiger partial charge in [-0.15, -0.1) is 0 Å². The maximum absolute atomic E-state index is 13.1. The number of nitrogens with zero attached hydrogens (tertiary/aromatic N) is 2. The predicted molar refractivity (Wildman–Crippen MR) is 71.9 cm³/mol. The van der Waals surface area contributed by atoms with Crippen molar-refractivity contribution in [3.05, 3.63) is 5.21 Å². The Bertz CT molecular complexity index is 396. The minimum atomic E-state index is 0.0772. The molecule has 0 N–H and O–H groups in total. The molecule has 0 spiro atoms. The number of hydrogen-bond acceptors (Lipinski definition) is 2. The van der Waals surface area contributed by atoms with Crippen molar-refractivity contribution in [2.75, 3.05) is 19.6 Å². The van der Waals surface area contributed by atoms with Crippen LogP contribution in [0.25, 0.3) is 0 Å². The van der Waals surface area contributed by atoms with Crippen LogP contribution in [0.3, 0.4) is 0 Å². The molecule has 0 aromatic carbocycles. The van der Waals surface area contributed by atoms with Crippen molar-refractivity contribution in [2.45, 2.75) is 57.0 Å². The van der Waals surface area contributed by atoms with Gasteiger partial charge in [-0.05, 0) is 38.5 Å². The van der Waals surface area contributed by atoms with E-state index in [1.165, 1.54) is 12.8 Å². The highest BCUT2D eigenvalue weighted by atomic mass is 16.5. The van der Waals surface area contributed by atoms with Gasteiger partial charge in [0, 0.05) is 30.8 Å². The smallest absolute Gasteiger partial charge is 0.222 e. The first-order valence-electron chi connectivity index (χ1n) is 8.06. The van der Waals surface area contributed by atoms with E-state index in [1.54, 1.807) is 0 Å². The van der Waals surface area contributed by atoms with Crippen LogP contribution < -0.4 is 0 Å². The van der Waals surface area contributed by atoms with Gasteiger partial charge in [0.1, 0.15) is 0 Å². The molecule has 4 nitrogen and oxygen atoms in total. The molecule has 106 valence electrons. The summed E-state index contributed by atoms with van der Waals surface area (Å²) in [6.07, 6.45) is 7.38. The average Bonchev–Trinajstić information content (AvgIpc) is 2.40. The molecule has 1 amide bonds. The summed E-state index contributed by atoms with van der Waals surface area (Å²) in [4.78, 5) is 14.3. The lowest BCUT2D eigenvalue weighted by Crippen LogP contribution is -2.71. The lowest BCUT2D eigenvalue weighted by molar-refractivity contribution is -0.925. The zero-order valence-electron chi connectivity index (χ0n) is 11.6. The van der Waals surface area contributed by atoms with Crippen LogP contribution in [0.5, 0.6) is 0 Å². The van der Waals surface area contributed by atoms with Crippen molar-refractivity contribution in [2.24, 2.45) is 11.8 Å². The standard InChI is InChI=1S/C15H24N2O2/c18-14-7-1-6-13-12-5-3-9-17(19)8-2-4-11(15(12)17)10-16(13)14/h11-13,15H,1-10H2/t11-,12+,13+,15+,17-/m0/s1. The van der Waals surface area contributed by atoms with Crippen molar-refractivity contribution >= 4 is 5.91 Å². The van der Waals surface area contributed by atoms with E-state index in [1.807, 2.05) is 0 Å². The third-order valence-electron chi connectivity index (χ3n) is 6.19. The Morgan fingerprint density at radius 3 is 2.74 bits per heavy atom. The summed E-state index contributed by atoms with van der Waals surface area (Å²) in [6.45, 7) is 2.55. The van der Waals surface area contributed by atoms with Gasteiger partial charge in [-0.25, -0.2) is 0 Å². The topological polar surface area (TPSA) is 43.4 Å². The van der Waals surface area contributed by atoms with Crippen LogP contribution in [0, 0.1) is 17.0 Å². The highest BCUT2D eigenvalue weighted by molar-refractivity contribution is 5.77. The molecule has 4 aliphatic rings. The van der Waals surface area contributed by atoms with Crippen LogP contribution in [0.1, 0.15) is 44.9 Å². The molecule has 0 saturated carbocycles. The van der Waals surface area contributed by atoms with Gasteiger partial charge in [-0.3, -0.25) is 4.79 Å². The average molecular weight is 264 g/mol. The molecular weight excluding hydrogens is 240 g/mol. The summed E-state index contributed by atoms with van der Waals surface area (Å²) in [7, 11) is 0. The van der Waals surface area contributed by atoms with Crippen molar-refractivity contribution in [1.29, 1.82) is 0 Å². The molecular formula is C15H24N2O2.